The maximum absolute atomic E-state index is 5.97. The van der Waals surface area contributed by atoms with Crippen LogP contribution in [0.5, 0.6) is 11.5 Å². The van der Waals surface area contributed by atoms with Crippen molar-refractivity contribution in [3.8, 4) is 11.5 Å². The topological polar surface area (TPSA) is 30.5 Å². The van der Waals surface area contributed by atoms with Crippen molar-refractivity contribution in [1.29, 1.82) is 0 Å². The summed E-state index contributed by atoms with van der Waals surface area (Å²) in [5.41, 5.74) is 1.22. The molecule has 0 atom stereocenters. The second-order valence-electron chi connectivity index (χ2n) is 6.58. The van der Waals surface area contributed by atoms with E-state index in [0.717, 1.165) is 36.6 Å². The molecule has 0 aliphatic carbocycles. The highest BCUT2D eigenvalue weighted by molar-refractivity contribution is 5.46. The van der Waals surface area contributed by atoms with Crippen molar-refractivity contribution in [2.75, 3.05) is 13.7 Å². The maximum Gasteiger partial charge on any atom is 0.165 e. The molecule has 3 nitrogen and oxygen atoms in total. The van der Waals surface area contributed by atoms with Crippen LogP contribution in [0.15, 0.2) is 18.2 Å². The Bertz CT molecular complexity index is 408. The van der Waals surface area contributed by atoms with Crippen molar-refractivity contribution in [3.63, 3.8) is 0 Å². The number of rotatable bonds is 7. The van der Waals surface area contributed by atoms with Gasteiger partial charge in [-0.3, -0.25) is 0 Å². The molecular formula is C17H29NO2. The zero-order valence-corrected chi connectivity index (χ0v) is 13.7. The van der Waals surface area contributed by atoms with Gasteiger partial charge < -0.3 is 14.8 Å². The van der Waals surface area contributed by atoms with E-state index in [0.29, 0.717) is 5.92 Å². The zero-order valence-electron chi connectivity index (χ0n) is 13.7. The SMILES string of the molecule is COc1cccc(CNC(C)(C)C)c1OCCC(C)C. The molecule has 0 saturated heterocycles. The molecule has 1 aromatic carbocycles. The van der Waals surface area contributed by atoms with E-state index in [1.54, 1.807) is 7.11 Å². The number of benzene rings is 1. The van der Waals surface area contributed by atoms with E-state index in [4.69, 9.17) is 9.47 Å². The number of para-hydroxylation sites is 1. The molecule has 0 spiro atoms. The number of hydrogen-bond acceptors (Lipinski definition) is 3. The Labute approximate surface area is 123 Å². The average molecular weight is 279 g/mol. The fourth-order valence-corrected chi connectivity index (χ4v) is 1.78. The Morgan fingerprint density at radius 1 is 1.20 bits per heavy atom. The third kappa shape index (κ3) is 5.83. The molecule has 3 heteroatoms. The normalized spacial score (nSPS) is 11.8. The van der Waals surface area contributed by atoms with Gasteiger partial charge in [-0.2, -0.15) is 0 Å². The monoisotopic (exact) mass is 279 g/mol. The van der Waals surface area contributed by atoms with E-state index in [-0.39, 0.29) is 5.54 Å². The summed E-state index contributed by atoms with van der Waals surface area (Å²) in [5.74, 6) is 2.32. The van der Waals surface area contributed by atoms with Crippen LogP contribution >= 0.6 is 0 Å². The van der Waals surface area contributed by atoms with Gasteiger partial charge in [0.15, 0.2) is 11.5 Å². The molecule has 0 saturated carbocycles. The van der Waals surface area contributed by atoms with Crippen molar-refractivity contribution >= 4 is 0 Å². The van der Waals surface area contributed by atoms with E-state index < -0.39 is 0 Å². The van der Waals surface area contributed by atoms with Gasteiger partial charge >= 0.3 is 0 Å². The predicted octanol–water partition coefficient (Wildman–Crippen LogP) is 4.01. The molecule has 0 amide bonds. The van der Waals surface area contributed by atoms with E-state index in [1.165, 1.54) is 0 Å². The molecule has 0 bridgehead atoms. The fourth-order valence-electron chi connectivity index (χ4n) is 1.78. The summed E-state index contributed by atoms with van der Waals surface area (Å²) < 4.78 is 11.4. The van der Waals surface area contributed by atoms with Gasteiger partial charge in [0.05, 0.1) is 13.7 Å². The minimum atomic E-state index is 0.0816. The van der Waals surface area contributed by atoms with Crippen LogP contribution in [-0.4, -0.2) is 19.3 Å². The molecule has 0 heterocycles. The first-order valence-corrected chi connectivity index (χ1v) is 7.37. The summed E-state index contributed by atoms with van der Waals surface area (Å²) in [6, 6.07) is 6.05. The minimum absolute atomic E-state index is 0.0816. The molecule has 0 aliphatic heterocycles. The lowest BCUT2D eigenvalue weighted by molar-refractivity contribution is 0.268. The Hall–Kier alpha value is -1.22. The summed E-state index contributed by atoms with van der Waals surface area (Å²) >= 11 is 0. The van der Waals surface area contributed by atoms with E-state index in [9.17, 15) is 0 Å². The van der Waals surface area contributed by atoms with Gasteiger partial charge in [-0.15, -0.1) is 0 Å². The summed E-state index contributed by atoms with van der Waals surface area (Å²) in [7, 11) is 1.69. The van der Waals surface area contributed by atoms with Crippen LogP contribution in [0.3, 0.4) is 0 Å². The van der Waals surface area contributed by atoms with Crippen molar-refractivity contribution in [2.45, 2.75) is 53.1 Å². The molecule has 1 N–H and O–H groups in total. The molecule has 114 valence electrons. The van der Waals surface area contributed by atoms with Gasteiger partial charge in [0.2, 0.25) is 0 Å². The molecule has 0 radical (unpaired) electrons. The Kier molecular flexibility index (Phi) is 6.34. The highest BCUT2D eigenvalue weighted by Gasteiger charge is 2.14. The van der Waals surface area contributed by atoms with E-state index in [2.05, 4.69) is 46.0 Å². The average Bonchev–Trinajstić information content (AvgIpc) is 2.35. The van der Waals surface area contributed by atoms with Crippen LogP contribution in [-0.2, 0) is 6.54 Å². The van der Waals surface area contributed by atoms with Crippen LogP contribution in [0.1, 0.15) is 46.6 Å². The lowest BCUT2D eigenvalue weighted by atomic mass is 10.1. The molecule has 0 aromatic heterocycles. The largest absolute Gasteiger partial charge is 0.493 e. The maximum atomic E-state index is 5.97. The molecule has 1 aromatic rings. The van der Waals surface area contributed by atoms with E-state index >= 15 is 0 Å². The van der Waals surface area contributed by atoms with Crippen LogP contribution in [0.25, 0.3) is 0 Å². The van der Waals surface area contributed by atoms with Crippen LogP contribution < -0.4 is 14.8 Å². The number of nitrogens with one attached hydrogen (secondary N) is 1. The van der Waals surface area contributed by atoms with Gasteiger partial charge in [-0.25, -0.2) is 0 Å². The van der Waals surface area contributed by atoms with Gasteiger partial charge in [0, 0.05) is 17.6 Å². The second kappa shape index (κ2) is 7.53. The lowest BCUT2D eigenvalue weighted by Gasteiger charge is -2.22. The fraction of sp³-hybridized carbons (Fsp3) is 0.647. The first-order valence-electron chi connectivity index (χ1n) is 7.37. The highest BCUT2D eigenvalue weighted by Crippen LogP contribution is 2.31. The summed E-state index contributed by atoms with van der Waals surface area (Å²) in [4.78, 5) is 0. The minimum Gasteiger partial charge on any atom is -0.493 e. The lowest BCUT2D eigenvalue weighted by Crippen LogP contribution is -2.35. The van der Waals surface area contributed by atoms with Gasteiger partial charge in [-0.05, 0) is 39.2 Å². The summed E-state index contributed by atoms with van der Waals surface area (Å²) in [5, 5.41) is 3.49. The Balaban J connectivity index is 2.81. The molecule has 0 unspecified atom stereocenters. The number of methoxy groups -OCH3 is 1. The van der Waals surface area contributed by atoms with Crippen molar-refractivity contribution in [2.24, 2.45) is 5.92 Å². The van der Waals surface area contributed by atoms with Gasteiger partial charge in [-0.1, -0.05) is 26.0 Å². The first-order chi connectivity index (χ1) is 9.33. The third-order valence-electron chi connectivity index (χ3n) is 3.03. The van der Waals surface area contributed by atoms with Crippen LogP contribution in [0.2, 0.25) is 0 Å². The molecule has 20 heavy (non-hydrogen) atoms. The summed E-state index contributed by atoms with van der Waals surface area (Å²) in [6.45, 7) is 12.4. The number of ether oxygens (including phenoxy) is 2. The van der Waals surface area contributed by atoms with Gasteiger partial charge in [0.25, 0.3) is 0 Å². The van der Waals surface area contributed by atoms with Crippen molar-refractivity contribution < 1.29 is 9.47 Å². The van der Waals surface area contributed by atoms with E-state index in [1.807, 2.05) is 12.1 Å². The standard InChI is InChI=1S/C17H29NO2/c1-13(2)10-11-20-16-14(12-18-17(3,4)5)8-7-9-15(16)19-6/h7-9,13,18H,10-12H2,1-6H3. The first kappa shape index (κ1) is 16.8. The Morgan fingerprint density at radius 3 is 2.45 bits per heavy atom. The Morgan fingerprint density at radius 2 is 1.90 bits per heavy atom. The molecule has 1 rings (SSSR count). The summed E-state index contributed by atoms with van der Waals surface area (Å²) in [6.07, 6.45) is 1.05. The molecule has 0 aliphatic rings. The smallest absolute Gasteiger partial charge is 0.165 e. The second-order valence-corrected chi connectivity index (χ2v) is 6.58. The van der Waals surface area contributed by atoms with Crippen molar-refractivity contribution in [3.05, 3.63) is 23.8 Å². The van der Waals surface area contributed by atoms with Crippen molar-refractivity contribution in [1.82, 2.24) is 5.32 Å². The van der Waals surface area contributed by atoms with Crippen LogP contribution in [0.4, 0.5) is 0 Å². The van der Waals surface area contributed by atoms with Crippen LogP contribution in [0, 0.1) is 5.92 Å². The quantitative estimate of drug-likeness (QED) is 0.818. The third-order valence-corrected chi connectivity index (χ3v) is 3.03. The molecular weight excluding hydrogens is 250 g/mol. The molecule has 0 fully saturated rings. The van der Waals surface area contributed by atoms with Gasteiger partial charge in [0.1, 0.15) is 0 Å². The highest BCUT2D eigenvalue weighted by atomic mass is 16.5. The zero-order chi connectivity index (χ0) is 15.2. The number of hydrogen-bond donors (Lipinski definition) is 1. The predicted molar refractivity (Wildman–Crippen MR) is 84.5 cm³/mol.